The van der Waals surface area contributed by atoms with Crippen molar-refractivity contribution in [1.82, 2.24) is 20.6 Å². The molecular formula is C23H24Cl2N4O2. The molecule has 1 aromatic carbocycles. The van der Waals surface area contributed by atoms with Crippen LogP contribution in [0.3, 0.4) is 0 Å². The number of carbonyl (C=O) groups excluding carboxylic acids is 1. The largest absolute Gasteiger partial charge is 0.492 e. The molecule has 8 heteroatoms. The topological polar surface area (TPSA) is 80.8 Å². The second kappa shape index (κ2) is 8.06. The summed E-state index contributed by atoms with van der Waals surface area (Å²) in [6.07, 6.45) is 6.11. The van der Waals surface area contributed by atoms with Gasteiger partial charge >= 0.3 is 0 Å². The van der Waals surface area contributed by atoms with Crippen molar-refractivity contribution in [3.63, 3.8) is 0 Å². The minimum atomic E-state index is -0.331. The van der Waals surface area contributed by atoms with Crippen molar-refractivity contribution in [3.05, 3.63) is 51.2 Å². The Morgan fingerprint density at radius 2 is 2.03 bits per heavy atom. The van der Waals surface area contributed by atoms with Crippen molar-refractivity contribution < 1.29 is 9.53 Å². The van der Waals surface area contributed by atoms with Gasteiger partial charge in [-0.05, 0) is 47.9 Å². The van der Waals surface area contributed by atoms with E-state index in [4.69, 9.17) is 27.9 Å². The molecule has 0 aliphatic heterocycles. The van der Waals surface area contributed by atoms with Crippen molar-refractivity contribution >= 4 is 29.0 Å². The predicted octanol–water partition coefficient (Wildman–Crippen LogP) is 5.52. The van der Waals surface area contributed by atoms with Gasteiger partial charge < -0.3 is 4.74 Å². The second-order valence-electron chi connectivity index (χ2n) is 9.02. The van der Waals surface area contributed by atoms with E-state index in [0.717, 1.165) is 30.4 Å². The number of halogens is 2. The van der Waals surface area contributed by atoms with Crippen molar-refractivity contribution in [2.75, 3.05) is 0 Å². The smallest absolute Gasteiger partial charge is 0.204 e. The van der Waals surface area contributed by atoms with Crippen LogP contribution in [0, 0.1) is 17.3 Å². The Hall–Kier alpha value is -2.18. The zero-order valence-electron chi connectivity index (χ0n) is 17.3. The molecule has 2 atom stereocenters. The standard InChI is InChI=1S/C23H24Cl2N4O2/c1-23(16-7-2-3-8-16)11-15-10-17(19(24)20(25)18(15)21(23)30)31-12-13-5-4-6-14(9-13)22-26-28-29-27-22/h4-6,9,15-16H,2-3,7-8,10-12H2,1H3,(H,26,27,28,29). The summed E-state index contributed by atoms with van der Waals surface area (Å²) in [5, 5.41) is 14.8. The van der Waals surface area contributed by atoms with E-state index in [1.807, 2.05) is 24.3 Å². The maximum atomic E-state index is 13.4. The zero-order chi connectivity index (χ0) is 21.6. The Bertz CT molecular complexity index is 1070. The van der Waals surface area contributed by atoms with Crippen molar-refractivity contribution in [2.24, 2.45) is 17.3 Å². The van der Waals surface area contributed by atoms with Crippen LogP contribution < -0.4 is 0 Å². The van der Waals surface area contributed by atoms with E-state index in [1.54, 1.807) is 0 Å². The number of allylic oxidation sites excluding steroid dienone is 4. The molecule has 0 bridgehead atoms. The number of hydrogen-bond donors (Lipinski definition) is 1. The molecule has 5 rings (SSSR count). The Morgan fingerprint density at radius 3 is 2.77 bits per heavy atom. The van der Waals surface area contributed by atoms with E-state index >= 15 is 0 Å². The Morgan fingerprint density at radius 1 is 1.23 bits per heavy atom. The first-order valence-corrected chi connectivity index (χ1v) is 11.5. The van der Waals surface area contributed by atoms with Crippen molar-refractivity contribution in [2.45, 2.75) is 52.1 Å². The number of aromatic nitrogens is 4. The van der Waals surface area contributed by atoms with Gasteiger partial charge in [0.15, 0.2) is 5.78 Å². The fourth-order valence-electron chi connectivity index (χ4n) is 5.50. The van der Waals surface area contributed by atoms with E-state index in [-0.39, 0.29) is 17.1 Å². The number of aromatic amines is 1. The maximum Gasteiger partial charge on any atom is 0.204 e. The molecular weight excluding hydrogens is 435 g/mol. The van der Waals surface area contributed by atoms with E-state index in [2.05, 4.69) is 27.5 Å². The highest BCUT2D eigenvalue weighted by Crippen LogP contribution is 2.57. The van der Waals surface area contributed by atoms with E-state index in [1.165, 1.54) is 12.8 Å². The zero-order valence-corrected chi connectivity index (χ0v) is 18.8. The summed E-state index contributed by atoms with van der Waals surface area (Å²) in [6, 6.07) is 7.78. The number of rotatable bonds is 5. The molecule has 2 aromatic rings. The van der Waals surface area contributed by atoms with Gasteiger partial charge in [0.1, 0.15) is 12.4 Å². The monoisotopic (exact) mass is 458 g/mol. The van der Waals surface area contributed by atoms with Crippen molar-refractivity contribution in [1.29, 1.82) is 0 Å². The first kappa shape index (κ1) is 20.7. The molecule has 0 radical (unpaired) electrons. The highest BCUT2D eigenvalue weighted by molar-refractivity contribution is 6.45. The molecule has 1 heterocycles. The van der Waals surface area contributed by atoms with Crippen LogP contribution in [0.15, 0.2) is 45.7 Å². The first-order valence-electron chi connectivity index (χ1n) is 10.8. The van der Waals surface area contributed by atoms with Crippen LogP contribution in [0.25, 0.3) is 11.4 Å². The Balaban J connectivity index is 1.34. The van der Waals surface area contributed by atoms with Gasteiger partial charge in [0.05, 0.1) is 10.1 Å². The molecule has 0 spiro atoms. The third-order valence-electron chi connectivity index (χ3n) is 7.15. The van der Waals surface area contributed by atoms with Crippen LogP contribution in [0.1, 0.15) is 51.0 Å². The van der Waals surface area contributed by atoms with E-state index < -0.39 is 0 Å². The van der Waals surface area contributed by atoms with Gasteiger partial charge in [-0.2, -0.15) is 5.21 Å². The molecule has 3 aliphatic rings. The molecule has 0 amide bonds. The predicted molar refractivity (Wildman–Crippen MR) is 118 cm³/mol. The fourth-order valence-corrected chi connectivity index (χ4v) is 6.08. The third kappa shape index (κ3) is 3.60. The second-order valence-corrected chi connectivity index (χ2v) is 9.78. The average molecular weight is 459 g/mol. The lowest BCUT2D eigenvalue weighted by atomic mass is 9.73. The molecule has 2 saturated carbocycles. The molecule has 3 aliphatic carbocycles. The molecule has 162 valence electrons. The van der Waals surface area contributed by atoms with Gasteiger partial charge in [0, 0.05) is 23.0 Å². The minimum absolute atomic E-state index is 0.0776. The average Bonchev–Trinajstić information content (AvgIpc) is 3.52. The number of H-pyrrole nitrogens is 1. The van der Waals surface area contributed by atoms with Gasteiger partial charge in [0.25, 0.3) is 0 Å². The lowest BCUT2D eigenvalue weighted by Gasteiger charge is -2.29. The number of hydrogen-bond acceptors (Lipinski definition) is 5. The number of fused-ring (bicyclic) bond motifs is 1. The van der Waals surface area contributed by atoms with Crippen LogP contribution >= 0.6 is 23.2 Å². The van der Waals surface area contributed by atoms with Gasteiger partial charge in [-0.25, -0.2) is 0 Å². The van der Waals surface area contributed by atoms with Gasteiger partial charge in [-0.1, -0.05) is 61.2 Å². The molecule has 0 saturated heterocycles. The number of ether oxygens (including phenoxy) is 1. The lowest BCUT2D eigenvalue weighted by Crippen LogP contribution is -2.30. The van der Waals surface area contributed by atoms with Crippen LogP contribution in [0.4, 0.5) is 0 Å². The fraction of sp³-hybridized carbons (Fsp3) is 0.478. The first-order chi connectivity index (χ1) is 15.0. The Labute approximate surface area is 191 Å². The van der Waals surface area contributed by atoms with Crippen LogP contribution in [0.2, 0.25) is 0 Å². The summed E-state index contributed by atoms with van der Waals surface area (Å²) >= 11 is 13.2. The summed E-state index contributed by atoms with van der Waals surface area (Å²) in [5.41, 5.74) is 2.20. The number of benzene rings is 1. The molecule has 6 nitrogen and oxygen atoms in total. The number of ketones is 1. The summed E-state index contributed by atoms with van der Waals surface area (Å²) in [6.45, 7) is 2.47. The third-order valence-corrected chi connectivity index (χ3v) is 8.04. The summed E-state index contributed by atoms with van der Waals surface area (Å²) < 4.78 is 6.11. The highest BCUT2D eigenvalue weighted by Gasteiger charge is 2.53. The van der Waals surface area contributed by atoms with Crippen LogP contribution in [-0.4, -0.2) is 26.4 Å². The Kier molecular flexibility index (Phi) is 5.39. The lowest BCUT2D eigenvalue weighted by molar-refractivity contribution is -0.124. The van der Waals surface area contributed by atoms with Gasteiger partial charge in [-0.15, -0.1) is 10.2 Å². The highest BCUT2D eigenvalue weighted by atomic mass is 35.5. The number of nitrogens with one attached hydrogen (secondary N) is 1. The van der Waals surface area contributed by atoms with Crippen LogP contribution in [-0.2, 0) is 16.1 Å². The number of nitrogens with zero attached hydrogens (tertiary/aromatic N) is 3. The number of tetrazole rings is 1. The number of carbonyl (C=O) groups is 1. The minimum Gasteiger partial charge on any atom is -0.492 e. The van der Waals surface area contributed by atoms with Crippen LogP contribution in [0.5, 0.6) is 0 Å². The van der Waals surface area contributed by atoms with E-state index in [9.17, 15) is 4.79 Å². The molecule has 1 aromatic heterocycles. The quantitative estimate of drug-likeness (QED) is 0.637. The molecule has 2 fully saturated rings. The molecule has 2 unspecified atom stereocenters. The summed E-state index contributed by atoms with van der Waals surface area (Å²) in [4.78, 5) is 13.4. The summed E-state index contributed by atoms with van der Waals surface area (Å²) in [7, 11) is 0. The van der Waals surface area contributed by atoms with Gasteiger partial charge in [0.2, 0.25) is 5.82 Å². The van der Waals surface area contributed by atoms with Gasteiger partial charge in [-0.3, -0.25) is 4.79 Å². The number of Topliss-reactive ketones (excluding diaryl/α,β-unsaturated/α-hetero) is 1. The SMILES string of the molecule is CC1(C2CCCC2)CC2CC(OCc3cccc(-c4nn[nH]n4)c3)=C(Cl)C(Cl)=C2C1=O. The normalized spacial score (nSPS) is 26.7. The molecule has 1 N–H and O–H groups in total. The molecule has 31 heavy (non-hydrogen) atoms. The maximum absolute atomic E-state index is 13.4. The van der Waals surface area contributed by atoms with E-state index in [0.29, 0.717) is 46.2 Å². The summed E-state index contributed by atoms with van der Waals surface area (Å²) in [5.74, 6) is 1.91. The van der Waals surface area contributed by atoms with Crippen molar-refractivity contribution in [3.8, 4) is 11.4 Å².